The zero-order chi connectivity index (χ0) is 18.2. The Morgan fingerprint density at radius 1 is 1.08 bits per heavy atom. The van der Waals surface area contributed by atoms with Crippen LogP contribution in [0.3, 0.4) is 0 Å². The summed E-state index contributed by atoms with van der Waals surface area (Å²) in [6.07, 6.45) is 4.80. The first-order valence-corrected chi connectivity index (χ1v) is 9.45. The Bertz CT molecular complexity index is 834. The molecular weight excluding hydrogens is 349 g/mol. The number of carbonyl (C=O) groups excluding carboxylic acids is 1. The molecule has 1 amide bonds. The lowest BCUT2D eigenvalue weighted by atomic mass is 10.1. The monoisotopic (exact) mass is 369 g/mol. The highest BCUT2D eigenvalue weighted by atomic mass is 32.1. The first kappa shape index (κ1) is 18.2. The number of nitrogens with one attached hydrogen (secondary N) is 1. The molecule has 1 N–H and O–H groups in total. The summed E-state index contributed by atoms with van der Waals surface area (Å²) in [5, 5.41) is 5.65. The molecule has 2 aromatic heterocycles. The van der Waals surface area contributed by atoms with E-state index in [0.29, 0.717) is 12.2 Å². The first-order chi connectivity index (χ1) is 12.7. The van der Waals surface area contributed by atoms with E-state index in [9.17, 15) is 9.18 Å². The summed E-state index contributed by atoms with van der Waals surface area (Å²) in [6, 6.07) is 12.9. The maximum atomic E-state index is 12.8. The van der Waals surface area contributed by atoms with Gasteiger partial charge in [-0.3, -0.25) is 9.78 Å². The summed E-state index contributed by atoms with van der Waals surface area (Å²) in [5.74, 6) is -0.457. The Balaban J connectivity index is 1.41. The lowest BCUT2D eigenvalue weighted by Crippen LogP contribution is -2.23. The van der Waals surface area contributed by atoms with Crippen molar-refractivity contribution in [1.82, 2.24) is 15.3 Å². The second-order valence-electron chi connectivity index (χ2n) is 5.97. The standard InChI is InChI=1S/C20H20FN3OS/c21-16-10-11-17(22-13-16)8-4-5-9-19-24-18(14-26-19)20(25)23-12-15-6-2-1-3-7-15/h1-3,6-7,10-11,13-14H,4-5,8-9,12H2,(H,23,25). The molecule has 0 fully saturated rings. The number of aromatic nitrogens is 2. The van der Waals surface area contributed by atoms with Crippen LogP contribution in [0.5, 0.6) is 0 Å². The molecule has 6 heteroatoms. The number of benzene rings is 1. The number of hydrogen-bond donors (Lipinski definition) is 1. The predicted octanol–water partition coefficient (Wildman–Crippen LogP) is 4.17. The third-order valence-electron chi connectivity index (χ3n) is 3.94. The molecule has 0 unspecified atom stereocenters. The third kappa shape index (κ3) is 5.46. The number of pyridine rings is 1. The molecule has 0 saturated carbocycles. The van der Waals surface area contributed by atoms with E-state index < -0.39 is 0 Å². The quantitative estimate of drug-likeness (QED) is 0.606. The summed E-state index contributed by atoms with van der Waals surface area (Å²) in [7, 11) is 0. The van der Waals surface area contributed by atoms with Crippen molar-refractivity contribution in [1.29, 1.82) is 0 Å². The van der Waals surface area contributed by atoms with Crippen LogP contribution >= 0.6 is 11.3 Å². The number of halogens is 1. The third-order valence-corrected chi connectivity index (χ3v) is 4.85. The van der Waals surface area contributed by atoms with Crippen LogP contribution in [0.15, 0.2) is 54.0 Å². The molecule has 2 heterocycles. The second-order valence-corrected chi connectivity index (χ2v) is 6.91. The predicted molar refractivity (Wildman–Crippen MR) is 101 cm³/mol. The van der Waals surface area contributed by atoms with Gasteiger partial charge in [0.25, 0.3) is 5.91 Å². The van der Waals surface area contributed by atoms with E-state index in [2.05, 4.69) is 15.3 Å². The fourth-order valence-electron chi connectivity index (χ4n) is 2.54. The largest absolute Gasteiger partial charge is 0.347 e. The van der Waals surface area contributed by atoms with Crippen molar-refractivity contribution in [2.24, 2.45) is 0 Å². The van der Waals surface area contributed by atoms with E-state index >= 15 is 0 Å². The number of amides is 1. The first-order valence-electron chi connectivity index (χ1n) is 8.57. The van der Waals surface area contributed by atoms with Crippen molar-refractivity contribution in [3.63, 3.8) is 0 Å². The molecular formula is C20H20FN3OS. The summed E-state index contributed by atoms with van der Waals surface area (Å²) in [5.41, 5.74) is 2.43. The van der Waals surface area contributed by atoms with Crippen molar-refractivity contribution in [2.45, 2.75) is 32.2 Å². The summed E-state index contributed by atoms with van der Waals surface area (Å²) >= 11 is 1.51. The van der Waals surface area contributed by atoms with Crippen LogP contribution in [-0.2, 0) is 19.4 Å². The van der Waals surface area contributed by atoms with E-state index in [4.69, 9.17) is 0 Å². The normalized spacial score (nSPS) is 10.7. The fourth-order valence-corrected chi connectivity index (χ4v) is 3.36. The maximum absolute atomic E-state index is 12.8. The average Bonchev–Trinajstić information content (AvgIpc) is 3.15. The lowest BCUT2D eigenvalue weighted by Gasteiger charge is -2.03. The molecule has 1 aromatic carbocycles. The van der Waals surface area contributed by atoms with Gasteiger partial charge in [-0.15, -0.1) is 11.3 Å². The smallest absolute Gasteiger partial charge is 0.271 e. The Hall–Kier alpha value is -2.60. The topological polar surface area (TPSA) is 54.9 Å². The Labute approximate surface area is 156 Å². The van der Waals surface area contributed by atoms with Crippen molar-refractivity contribution >= 4 is 17.2 Å². The van der Waals surface area contributed by atoms with Crippen LogP contribution in [0, 0.1) is 5.82 Å². The van der Waals surface area contributed by atoms with E-state index in [1.165, 1.54) is 23.6 Å². The second kappa shape index (κ2) is 9.20. The van der Waals surface area contributed by atoms with Gasteiger partial charge in [-0.2, -0.15) is 0 Å². The highest BCUT2D eigenvalue weighted by Gasteiger charge is 2.10. The Morgan fingerprint density at radius 3 is 2.65 bits per heavy atom. The summed E-state index contributed by atoms with van der Waals surface area (Å²) in [6.45, 7) is 0.497. The van der Waals surface area contributed by atoms with Gasteiger partial charge in [-0.1, -0.05) is 30.3 Å². The van der Waals surface area contributed by atoms with Crippen LogP contribution in [0.1, 0.15) is 39.6 Å². The number of thiazole rings is 1. The summed E-state index contributed by atoms with van der Waals surface area (Å²) < 4.78 is 12.8. The van der Waals surface area contributed by atoms with Crippen molar-refractivity contribution in [2.75, 3.05) is 0 Å². The fraction of sp³-hybridized carbons (Fsp3) is 0.250. The number of carbonyl (C=O) groups is 1. The van der Waals surface area contributed by atoms with Gasteiger partial charge >= 0.3 is 0 Å². The highest BCUT2D eigenvalue weighted by Crippen LogP contribution is 2.14. The van der Waals surface area contributed by atoms with Crippen molar-refractivity contribution in [3.8, 4) is 0 Å². The number of aryl methyl sites for hydroxylation is 2. The maximum Gasteiger partial charge on any atom is 0.271 e. The van der Waals surface area contributed by atoms with Gasteiger partial charge in [0.15, 0.2) is 0 Å². The number of hydrogen-bond acceptors (Lipinski definition) is 4. The zero-order valence-corrected chi connectivity index (χ0v) is 15.1. The van der Waals surface area contributed by atoms with Gasteiger partial charge in [-0.25, -0.2) is 9.37 Å². The molecule has 0 atom stereocenters. The molecule has 0 radical (unpaired) electrons. The Kier molecular flexibility index (Phi) is 6.44. The van der Waals surface area contributed by atoms with E-state index in [1.54, 1.807) is 11.4 Å². The number of nitrogens with zero attached hydrogens (tertiary/aromatic N) is 2. The molecule has 0 bridgehead atoms. The minimum absolute atomic E-state index is 0.146. The lowest BCUT2D eigenvalue weighted by molar-refractivity contribution is 0.0946. The molecule has 0 saturated heterocycles. The van der Waals surface area contributed by atoms with Crippen LogP contribution in [0.4, 0.5) is 4.39 Å². The minimum Gasteiger partial charge on any atom is -0.347 e. The van der Waals surface area contributed by atoms with Gasteiger partial charge in [0, 0.05) is 17.6 Å². The van der Waals surface area contributed by atoms with Crippen LogP contribution in [-0.4, -0.2) is 15.9 Å². The van der Waals surface area contributed by atoms with Crippen molar-refractivity contribution in [3.05, 3.63) is 81.8 Å². The van der Waals surface area contributed by atoms with E-state index in [1.807, 2.05) is 30.3 Å². The van der Waals surface area contributed by atoms with Gasteiger partial charge in [-0.05, 0) is 43.4 Å². The minimum atomic E-state index is -0.311. The van der Waals surface area contributed by atoms with Gasteiger partial charge in [0.05, 0.1) is 11.2 Å². The molecule has 3 aromatic rings. The van der Waals surface area contributed by atoms with Gasteiger partial charge in [0.1, 0.15) is 11.5 Å². The molecule has 3 rings (SSSR count). The zero-order valence-electron chi connectivity index (χ0n) is 14.3. The molecule has 0 aliphatic carbocycles. The number of unbranched alkanes of at least 4 members (excludes halogenated alkanes) is 1. The highest BCUT2D eigenvalue weighted by molar-refractivity contribution is 7.09. The SMILES string of the molecule is O=C(NCc1ccccc1)c1csc(CCCCc2ccc(F)cn2)n1. The molecule has 0 spiro atoms. The van der Waals surface area contributed by atoms with E-state index in [0.717, 1.165) is 41.9 Å². The van der Waals surface area contributed by atoms with Crippen molar-refractivity contribution < 1.29 is 9.18 Å². The molecule has 4 nitrogen and oxygen atoms in total. The van der Waals surface area contributed by atoms with E-state index in [-0.39, 0.29) is 11.7 Å². The van der Waals surface area contributed by atoms with Crippen LogP contribution < -0.4 is 5.32 Å². The molecule has 26 heavy (non-hydrogen) atoms. The van der Waals surface area contributed by atoms with Crippen LogP contribution in [0.2, 0.25) is 0 Å². The van der Waals surface area contributed by atoms with Crippen LogP contribution in [0.25, 0.3) is 0 Å². The van der Waals surface area contributed by atoms with Gasteiger partial charge < -0.3 is 5.32 Å². The summed E-state index contributed by atoms with van der Waals surface area (Å²) in [4.78, 5) is 20.6. The average molecular weight is 369 g/mol. The van der Waals surface area contributed by atoms with Gasteiger partial charge in [0.2, 0.25) is 0 Å². The number of rotatable bonds is 8. The molecule has 134 valence electrons. The molecule has 0 aliphatic heterocycles. The Morgan fingerprint density at radius 2 is 1.88 bits per heavy atom. The molecule has 0 aliphatic rings.